The van der Waals surface area contributed by atoms with Gasteiger partial charge in [0.05, 0.1) is 27.8 Å². The van der Waals surface area contributed by atoms with Crippen molar-refractivity contribution in [3.8, 4) is 44.8 Å². The Labute approximate surface area is 336 Å². The molecule has 10 aromatic carbocycles. The van der Waals surface area contributed by atoms with Crippen LogP contribution in [0, 0.1) is 0 Å². The molecule has 12 rings (SSSR count). The van der Waals surface area contributed by atoms with Gasteiger partial charge in [0.15, 0.2) is 0 Å². The van der Waals surface area contributed by atoms with E-state index in [1.54, 1.807) is 0 Å². The second-order valence-electron chi connectivity index (χ2n) is 15.3. The summed E-state index contributed by atoms with van der Waals surface area (Å²) in [6.45, 7) is 0. The fourth-order valence-electron chi connectivity index (χ4n) is 9.40. The van der Waals surface area contributed by atoms with Crippen molar-refractivity contribution < 1.29 is 0 Å². The van der Waals surface area contributed by atoms with E-state index in [9.17, 15) is 0 Å². The zero-order valence-electron chi connectivity index (χ0n) is 31.7. The molecule has 0 amide bonds. The van der Waals surface area contributed by atoms with E-state index in [2.05, 4.69) is 228 Å². The Morgan fingerprint density at radius 2 is 0.690 bits per heavy atom. The molecule has 2 aromatic heterocycles. The number of hydrogen-bond acceptors (Lipinski definition) is 0. The summed E-state index contributed by atoms with van der Waals surface area (Å²) in [7, 11) is 0. The molecular weight excluding hydrogens is 701 g/mol. The van der Waals surface area contributed by atoms with E-state index in [-0.39, 0.29) is 0 Å². The second kappa shape index (κ2) is 12.9. The second-order valence-corrected chi connectivity index (χ2v) is 15.3. The SMILES string of the molecule is c1ccc(-c2cccc(-c3cccc(-n4c5ccccc5c5cc(-c6ccc7c(c6)c6ccccc6n7-c6cc7ccccc7c7ccccc67)ccc54)c3)c2)cc1. The zero-order valence-corrected chi connectivity index (χ0v) is 31.7. The highest BCUT2D eigenvalue weighted by molar-refractivity contribution is 6.16. The molecule has 0 fully saturated rings. The van der Waals surface area contributed by atoms with Crippen molar-refractivity contribution in [1.29, 1.82) is 0 Å². The maximum Gasteiger partial charge on any atom is 0.0546 e. The van der Waals surface area contributed by atoms with Crippen LogP contribution in [0.25, 0.3) is 110 Å². The van der Waals surface area contributed by atoms with E-state index >= 15 is 0 Å². The molecule has 0 aliphatic carbocycles. The molecule has 270 valence electrons. The maximum absolute atomic E-state index is 2.46. The highest BCUT2D eigenvalue weighted by Crippen LogP contribution is 2.41. The Hall–Kier alpha value is -7.68. The summed E-state index contributed by atoms with van der Waals surface area (Å²) in [4.78, 5) is 0. The minimum absolute atomic E-state index is 1.15. The summed E-state index contributed by atoms with van der Waals surface area (Å²) >= 11 is 0. The summed E-state index contributed by atoms with van der Waals surface area (Å²) in [6, 6.07) is 80.0. The maximum atomic E-state index is 2.46. The average molecular weight is 737 g/mol. The predicted octanol–water partition coefficient (Wildman–Crippen LogP) is 15.2. The quantitative estimate of drug-likeness (QED) is 0.156. The highest BCUT2D eigenvalue weighted by Gasteiger charge is 2.18. The van der Waals surface area contributed by atoms with E-state index < -0.39 is 0 Å². The third-order valence-corrected chi connectivity index (χ3v) is 12.1. The molecule has 0 aliphatic rings. The van der Waals surface area contributed by atoms with Gasteiger partial charge in [-0.1, -0.05) is 158 Å². The summed E-state index contributed by atoms with van der Waals surface area (Å²) in [5.41, 5.74) is 14.4. The molecule has 2 heterocycles. The van der Waals surface area contributed by atoms with E-state index in [1.165, 1.54) is 104 Å². The van der Waals surface area contributed by atoms with Gasteiger partial charge < -0.3 is 9.13 Å². The number of para-hydroxylation sites is 2. The van der Waals surface area contributed by atoms with Crippen molar-refractivity contribution in [2.75, 3.05) is 0 Å². The van der Waals surface area contributed by atoms with Crippen LogP contribution >= 0.6 is 0 Å². The van der Waals surface area contributed by atoms with Gasteiger partial charge in [-0.3, -0.25) is 0 Å². The number of fused-ring (bicyclic) bond motifs is 9. The van der Waals surface area contributed by atoms with Crippen LogP contribution in [0.4, 0.5) is 0 Å². The molecule has 12 aromatic rings. The summed E-state index contributed by atoms with van der Waals surface area (Å²) < 4.78 is 4.88. The molecule has 0 unspecified atom stereocenters. The average Bonchev–Trinajstić information content (AvgIpc) is 3.81. The fourth-order valence-corrected chi connectivity index (χ4v) is 9.40. The van der Waals surface area contributed by atoms with Gasteiger partial charge in [0.2, 0.25) is 0 Å². The first-order valence-corrected chi connectivity index (χ1v) is 20.0. The third kappa shape index (κ3) is 5.05. The van der Waals surface area contributed by atoms with Crippen LogP contribution in [0.15, 0.2) is 218 Å². The number of rotatable bonds is 5. The van der Waals surface area contributed by atoms with Gasteiger partial charge in [0, 0.05) is 32.6 Å². The van der Waals surface area contributed by atoms with Gasteiger partial charge in [0.1, 0.15) is 0 Å². The van der Waals surface area contributed by atoms with E-state index in [0.29, 0.717) is 0 Å². The van der Waals surface area contributed by atoms with Gasteiger partial charge in [-0.15, -0.1) is 0 Å². The molecule has 0 N–H and O–H groups in total. The van der Waals surface area contributed by atoms with Crippen LogP contribution in [0.3, 0.4) is 0 Å². The standard InChI is InChI=1S/C56H36N2/c1-2-14-37(15-3-1)38-17-12-18-39(32-38)40-19-13-20-44(33-40)57-52-26-10-8-24-48(52)50-34-41(28-30-54(50)57)42-29-31-55-51(35-42)49-25-9-11-27-53(49)58(55)56-36-43-16-4-5-21-45(43)46-22-6-7-23-47(46)56/h1-36H. The van der Waals surface area contributed by atoms with E-state index in [0.717, 1.165) is 5.69 Å². The molecule has 0 bridgehead atoms. The lowest BCUT2D eigenvalue weighted by Gasteiger charge is -2.14. The van der Waals surface area contributed by atoms with Crippen molar-refractivity contribution in [2.45, 2.75) is 0 Å². The lowest BCUT2D eigenvalue weighted by molar-refractivity contribution is 1.18. The van der Waals surface area contributed by atoms with E-state index in [1.807, 2.05) is 0 Å². The Kier molecular flexibility index (Phi) is 7.26. The molecule has 0 saturated carbocycles. The first-order valence-electron chi connectivity index (χ1n) is 20.0. The molecule has 0 aliphatic heterocycles. The van der Waals surface area contributed by atoms with Gasteiger partial charge >= 0.3 is 0 Å². The Balaban J connectivity index is 1.000. The number of hydrogen-bond donors (Lipinski definition) is 0. The van der Waals surface area contributed by atoms with Gasteiger partial charge in [-0.2, -0.15) is 0 Å². The number of nitrogens with zero attached hydrogens (tertiary/aromatic N) is 2. The molecule has 58 heavy (non-hydrogen) atoms. The molecule has 2 heteroatoms. The van der Waals surface area contributed by atoms with Crippen molar-refractivity contribution >= 4 is 65.2 Å². The molecule has 0 radical (unpaired) electrons. The summed E-state index contributed by atoms with van der Waals surface area (Å²) in [5.74, 6) is 0. The first-order chi connectivity index (χ1) is 28.8. The minimum atomic E-state index is 1.15. The summed E-state index contributed by atoms with van der Waals surface area (Å²) in [6.07, 6.45) is 0. The Morgan fingerprint density at radius 3 is 1.40 bits per heavy atom. The molecule has 0 atom stereocenters. The Morgan fingerprint density at radius 1 is 0.224 bits per heavy atom. The van der Waals surface area contributed by atoms with Gasteiger partial charge in [-0.25, -0.2) is 0 Å². The van der Waals surface area contributed by atoms with Crippen molar-refractivity contribution in [2.24, 2.45) is 0 Å². The van der Waals surface area contributed by atoms with Crippen LogP contribution in [0.5, 0.6) is 0 Å². The van der Waals surface area contributed by atoms with Crippen LogP contribution < -0.4 is 0 Å². The number of benzene rings is 10. The highest BCUT2D eigenvalue weighted by atomic mass is 15.0. The summed E-state index contributed by atoms with van der Waals surface area (Å²) in [5, 5.41) is 10.0. The monoisotopic (exact) mass is 736 g/mol. The molecule has 0 saturated heterocycles. The fraction of sp³-hybridized carbons (Fsp3) is 0. The Bertz CT molecular complexity index is 3570. The predicted molar refractivity (Wildman–Crippen MR) is 246 cm³/mol. The largest absolute Gasteiger partial charge is 0.309 e. The minimum Gasteiger partial charge on any atom is -0.309 e. The van der Waals surface area contributed by atoms with Crippen molar-refractivity contribution in [3.05, 3.63) is 218 Å². The lowest BCUT2D eigenvalue weighted by atomic mass is 9.99. The topological polar surface area (TPSA) is 9.86 Å². The van der Waals surface area contributed by atoms with Gasteiger partial charge in [-0.05, 0) is 110 Å². The molecular formula is C56H36N2. The molecule has 2 nitrogen and oxygen atoms in total. The first kappa shape index (κ1) is 32.6. The molecule has 0 spiro atoms. The van der Waals surface area contributed by atoms with Gasteiger partial charge in [0.25, 0.3) is 0 Å². The zero-order chi connectivity index (χ0) is 38.2. The van der Waals surface area contributed by atoms with Crippen molar-refractivity contribution in [1.82, 2.24) is 9.13 Å². The number of aromatic nitrogens is 2. The normalized spacial score (nSPS) is 11.8. The van der Waals surface area contributed by atoms with E-state index in [4.69, 9.17) is 0 Å². The van der Waals surface area contributed by atoms with Crippen LogP contribution in [-0.2, 0) is 0 Å². The lowest BCUT2D eigenvalue weighted by Crippen LogP contribution is -1.96. The van der Waals surface area contributed by atoms with Crippen LogP contribution in [-0.4, -0.2) is 9.13 Å². The smallest absolute Gasteiger partial charge is 0.0546 e. The third-order valence-electron chi connectivity index (χ3n) is 12.1. The van der Waals surface area contributed by atoms with Crippen LogP contribution in [0.1, 0.15) is 0 Å². The van der Waals surface area contributed by atoms with Crippen LogP contribution in [0.2, 0.25) is 0 Å². The van der Waals surface area contributed by atoms with Crippen molar-refractivity contribution in [3.63, 3.8) is 0 Å².